The van der Waals surface area contributed by atoms with Crippen LogP contribution in [0.5, 0.6) is 0 Å². The van der Waals surface area contributed by atoms with Gasteiger partial charge in [-0.05, 0) is 232 Å². The summed E-state index contributed by atoms with van der Waals surface area (Å²) in [4.78, 5) is 0. The second-order valence-electron chi connectivity index (χ2n) is 25.6. The van der Waals surface area contributed by atoms with Gasteiger partial charge in [0.25, 0.3) is 0 Å². The van der Waals surface area contributed by atoms with Crippen molar-refractivity contribution in [3.63, 3.8) is 0 Å². The van der Waals surface area contributed by atoms with Crippen LogP contribution in [0.25, 0.3) is 0 Å². The van der Waals surface area contributed by atoms with Gasteiger partial charge in [0.2, 0.25) is 0 Å². The molecule has 0 aromatic heterocycles. The summed E-state index contributed by atoms with van der Waals surface area (Å²) in [6.07, 6.45) is 12.4. The molecule has 42 heavy (non-hydrogen) atoms. The second-order valence-corrected chi connectivity index (χ2v) is 25.6. The standard InChI is InChI=1S/C42H34/c1-2-8-4-5-9-6-11-18-20-12-7-13-21-26-24-17-10(3-1)16-22-14(8)29-15(9)23-27-25-19(11)31(18)32(20)28(12,13)34(21)38(26)36(24)30(16,17)33(22,29)41(36)35(23,29)39(27)37(25,31)40(32,34)42(38,39)41/h8-27H,1-7H2. The quantitative estimate of drug-likeness (QED) is 0.398. The minimum absolute atomic E-state index is 1.05. The van der Waals surface area contributed by atoms with E-state index in [4.69, 9.17) is 0 Å². The molecule has 35 unspecified atom stereocenters. The molecule has 26 aliphatic carbocycles. The highest BCUT2D eigenvalue weighted by Gasteiger charge is 3.60. The minimum Gasteiger partial charge on any atom is -0.0527 e. The van der Waals surface area contributed by atoms with Crippen LogP contribution in [0.2, 0.25) is 0 Å². The van der Waals surface area contributed by atoms with E-state index in [9.17, 15) is 0 Å². The molecule has 0 radical (unpaired) electrons. The molecule has 0 bridgehead atoms. The smallest absolute Gasteiger partial charge is 0.000740 e. The van der Waals surface area contributed by atoms with Gasteiger partial charge in [-0.3, -0.25) is 0 Å². The van der Waals surface area contributed by atoms with Gasteiger partial charge in [-0.25, -0.2) is 0 Å². The summed E-state index contributed by atoms with van der Waals surface area (Å²) < 4.78 is 0. The van der Waals surface area contributed by atoms with Crippen molar-refractivity contribution in [3.05, 3.63) is 0 Å². The number of hydrogen-bond acceptors (Lipinski definition) is 0. The molecular weight excluding hydrogens is 504 g/mol. The van der Waals surface area contributed by atoms with Gasteiger partial charge in [0.1, 0.15) is 0 Å². The first-order valence-corrected chi connectivity index (χ1v) is 20.9. The molecule has 26 saturated carbocycles. The summed E-state index contributed by atoms with van der Waals surface area (Å²) >= 11 is 0. The maximum Gasteiger partial charge on any atom is -0.000740 e. The van der Waals surface area contributed by atoms with Gasteiger partial charge >= 0.3 is 0 Å². The summed E-state index contributed by atoms with van der Waals surface area (Å²) in [7, 11) is 0. The van der Waals surface area contributed by atoms with Crippen LogP contribution in [0.3, 0.4) is 0 Å². The van der Waals surface area contributed by atoms with Crippen LogP contribution in [0.15, 0.2) is 0 Å². The van der Waals surface area contributed by atoms with Crippen LogP contribution in [0.4, 0.5) is 0 Å². The van der Waals surface area contributed by atoms with Crippen LogP contribution in [-0.4, -0.2) is 0 Å². The zero-order chi connectivity index (χ0) is 24.0. The average molecular weight is 539 g/mol. The fourth-order valence-corrected chi connectivity index (χ4v) is 40.2. The Labute approximate surface area is 244 Å². The highest BCUT2D eigenvalue weighted by Crippen LogP contribution is 3.61. The maximum absolute atomic E-state index is 1.85. The van der Waals surface area contributed by atoms with E-state index in [0.717, 1.165) is 81.2 Å². The highest BCUT2D eigenvalue weighted by molar-refractivity contribution is 6.04. The molecule has 26 fully saturated rings. The molecule has 26 rings (SSSR count). The molecule has 0 heterocycles. The van der Waals surface area contributed by atoms with Crippen molar-refractivity contribution in [2.75, 3.05) is 0 Å². The molecule has 35 atom stereocenters. The topological polar surface area (TPSA) is 0 Å². The lowest BCUT2D eigenvalue weighted by Crippen LogP contribution is -3.58. The summed E-state index contributed by atoms with van der Waals surface area (Å²) in [6.45, 7) is 0. The second kappa shape index (κ2) is 2.66. The molecule has 202 valence electrons. The molecule has 0 N–H and O–H groups in total. The van der Waals surface area contributed by atoms with Gasteiger partial charge in [-0.2, -0.15) is 0 Å². The van der Waals surface area contributed by atoms with Crippen LogP contribution in [0.1, 0.15) is 44.9 Å². The van der Waals surface area contributed by atoms with Gasteiger partial charge in [0.05, 0.1) is 0 Å². The Morgan fingerprint density at radius 3 is 1.64 bits per heavy atom. The SMILES string of the molecule is C1CC2CCC3CC4C5C6C7CC8C9C%10C%11C%12C(C1)C1C%13C2C2%14C3C3C%15C%16C4C54C65C78C96C%107C%118C1%12C%132C81C3%14C%152C%164C56C721. The molecule has 0 nitrogen and oxygen atoms in total. The van der Waals surface area contributed by atoms with Gasteiger partial charge in [0, 0.05) is 0 Å². The van der Waals surface area contributed by atoms with E-state index in [1.807, 2.05) is 12.8 Å². The molecule has 0 aromatic rings. The van der Waals surface area contributed by atoms with Gasteiger partial charge in [-0.15, -0.1) is 0 Å². The van der Waals surface area contributed by atoms with Crippen molar-refractivity contribution in [2.24, 2.45) is 200 Å². The van der Waals surface area contributed by atoms with Crippen molar-refractivity contribution in [2.45, 2.75) is 44.9 Å². The fraction of sp³-hybridized carbons (Fsp3) is 1.00. The lowest BCUT2D eigenvalue weighted by Gasteiger charge is -3.59. The predicted molar refractivity (Wildman–Crippen MR) is 139 cm³/mol. The third-order valence-corrected chi connectivity index (χ3v) is 32.6. The monoisotopic (exact) mass is 538 g/mol. The third kappa shape index (κ3) is 0.410. The minimum atomic E-state index is 1.05. The predicted octanol–water partition coefficient (Wildman–Crippen LogP) is 5.19. The molecule has 0 heteroatoms. The Bertz CT molecular complexity index is 2280. The van der Waals surface area contributed by atoms with E-state index >= 15 is 0 Å². The van der Waals surface area contributed by atoms with Crippen LogP contribution >= 0.6 is 0 Å². The Hall–Kier alpha value is 0. The van der Waals surface area contributed by atoms with Crippen molar-refractivity contribution in [3.8, 4) is 0 Å². The lowest BCUT2D eigenvalue weighted by molar-refractivity contribution is -1.14. The van der Waals surface area contributed by atoms with Gasteiger partial charge in [-0.1, -0.05) is 12.8 Å². The van der Waals surface area contributed by atoms with Crippen LogP contribution in [-0.2, 0) is 0 Å². The Morgan fingerprint density at radius 1 is 0.310 bits per heavy atom. The first kappa shape index (κ1) is 15.7. The third-order valence-electron chi connectivity index (χ3n) is 32.6. The maximum atomic E-state index is 1.85. The van der Waals surface area contributed by atoms with E-state index in [1.54, 1.807) is 32.1 Å². The van der Waals surface area contributed by atoms with Crippen molar-refractivity contribution < 1.29 is 0 Å². The molecule has 26 aliphatic rings. The van der Waals surface area contributed by atoms with E-state index in [-0.39, 0.29) is 0 Å². The molecule has 0 saturated heterocycles. The molecule has 0 aliphatic heterocycles. The summed E-state index contributed by atoms with van der Waals surface area (Å²) in [5.74, 6) is 27.0. The summed E-state index contributed by atoms with van der Waals surface area (Å²) in [6, 6.07) is 0. The van der Waals surface area contributed by atoms with Crippen molar-refractivity contribution in [1.29, 1.82) is 0 Å². The Balaban J connectivity index is 0.972. The molecule has 0 amide bonds. The van der Waals surface area contributed by atoms with Crippen LogP contribution < -0.4 is 0 Å². The average Bonchev–Trinajstić information content (AvgIpc) is 2.98. The zero-order valence-corrected chi connectivity index (χ0v) is 24.0. The van der Waals surface area contributed by atoms with E-state index in [0.29, 0.717) is 0 Å². The molecule has 0 aromatic carbocycles. The van der Waals surface area contributed by atoms with E-state index in [2.05, 4.69) is 0 Å². The highest BCUT2D eigenvalue weighted by atomic mass is 15.6. The normalized spacial score (nSPS) is 124. The molecule has 15 spiro atoms. The first-order valence-electron chi connectivity index (χ1n) is 20.9. The largest absolute Gasteiger partial charge is 0.0527 e. The van der Waals surface area contributed by atoms with E-state index < -0.39 is 0 Å². The van der Waals surface area contributed by atoms with Gasteiger partial charge < -0.3 is 0 Å². The summed E-state index contributed by atoms with van der Waals surface area (Å²) in [5, 5.41) is 0. The van der Waals surface area contributed by atoms with Crippen LogP contribution in [0, 0.1) is 200 Å². The fourth-order valence-electron chi connectivity index (χ4n) is 40.2. The Kier molecular flexibility index (Phi) is 0.997. The lowest BCUT2D eigenvalue weighted by atomic mass is 8.43. The summed E-state index contributed by atoms with van der Waals surface area (Å²) in [5.41, 5.74) is 16.5. The first-order chi connectivity index (χ1) is 20.9. The van der Waals surface area contributed by atoms with E-state index in [1.165, 1.54) is 118 Å². The van der Waals surface area contributed by atoms with Crippen molar-refractivity contribution >= 4 is 0 Å². The van der Waals surface area contributed by atoms with Crippen molar-refractivity contribution in [1.82, 2.24) is 0 Å². The van der Waals surface area contributed by atoms with Gasteiger partial charge in [0.15, 0.2) is 0 Å². The number of hydrogen-bond donors (Lipinski definition) is 0. The molecular formula is C42H34. The zero-order valence-electron chi connectivity index (χ0n) is 24.0. The number of rotatable bonds is 0. The number of fused-ring (bicyclic) bond motifs is 8. The Morgan fingerprint density at radius 2 is 0.833 bits per heavy atom.